The van der Waals surface area contributed by atoms with Gasteiger partial charge in [0.25, 0.3) is 0 Å². The number of thiocarbonyl (C=S) groups is 1. The van der Waals surface area contributed by atoms with E-state index in [-0.39, 0.29) is 12.1 Å². The predicted molar refractivity (Wildman–Crippen MR) is 136 cm³/mol. The van der Waals surface area contributed by atoms with Crippen LogP contribution in [-0.4, -0.2) is 21.8 Å². The molecule has 4 aromatic rings. The summed E-state index contributed by atoms with van der Waals surface area (Å²) in [6.45, 7) is 4.28. The molecule has 0 spiro atoms. The van der Waals surface area contributed by atoms with Gasteiger partial charge in [0.05, 0.1) is 18.8 Å². The topological polar surface area (TPSA) is 42.3 Å². The van der Waals surface area contributed by atoms with Gasteiger partial charge in [-0.1, -0.05) is 18.2 Å². The Bertz CT molecular complexity index is 1300. The van der Waals surface area contributed by atoms with Crippen molar-refractivity contribution in [2.75, 3.05) is 12.0 Å². The van der Waals surface area contributed by atoms with E-state index in [0.29, 0.717) is 5.11 Å². The summed E-state index contributed by atoms with van der Waals surface area (Å²) in [6.07, 6.45) is 3.94. The van der Waals surface area contributed by atoms with Crippen molar-refractivity contribution in [1.29, 1.82) is 0 Å². The highest BCUT2D eigenvalue weighted by Gasteiger charge is 2.42. The molecule has 33 heavy (non-hydrogen) atoms. The Morgan fingerprint density at radius 3 is 2.55 bits per heavy atom. The van der Waals surface area contributed by atoms with Crippen molar-refractivity contribution in [3.05, 3.63) is 108 Å². The molecule has 1 fully saturated rings. The van der Waals surface area contributed by atoms with E-state index in [0.717, 1.165) is 28.5 Å². The fourth-order valence-corrected chi connectivity index (χ4v) is 4.79. The normalized spacial score (nSPS) is 17.8. The van der Waals surface area contributed by atoms with Crippen molar-refractivity contribution in [1.82, 2.24) is 14.9 Å². The van der Waals surface area contributed by atoms with E-state index in [2.05, 4.69) is 76.2 Å². The van der Waals surface area contributed by atoms with E-state index < -0.39 is 0 Å². The number of nitrogens with one attached hydrogen (secondary N) is 1. The molecule has 5 nitrogen and oxygen atoms in total. The Balaban J connectivity index is 1.67. The van der Waals surface area contributed by atoms with Crippen LogP contribution < -0.4 is 15.0 Å². The number of pyridine rings is 1. The van der Waals surface area contributed by atoms with Gasteiger partial charge in [-0.25, -0.2) is 0 Å². The van der Waals surface area contributed by atoms with Crippen molar-refractivity contribution in [2.45, 2.75) is 25.9 Å². The molecule has 1 N–H and O–H groups in total. The number of aryl methyl sites for hydroxylation is 2. The molecule has 0 aliphatic carbocycles. The van der Waals surface area contributed by atoms with Crippen LogP contribution in [0.5, 0.6) is 5.75 Å². The second-order valence-electron chi connectivity index (χ2n) is 8.27. The van der Waals surface area contributed by atoms with Crippen molar-refractivity contribution in [3.63, 3.8) is 0 Å². The summed E-state index contributed by atoms with van der Waals surface area (Å²) in [5.41, 5.74) is 6.72. The first kappa shape index (κ1) is 21.2. The van der Waals surface area contributed by atoms with Gasteiger partial charge in [0.2, 0.25) is 0 Å². The summed E-state index contributed by atoms with van der Waals surface area (Å²) in [6, 6.07) is 24.6. The van der Waals surface area contributed by atoms with Crippen LogP contribution in [0.15, 0.2) is 85.2 Å². The molecule has 1 saturated heterocycles. The number of anilines is 1. The quantitative estimate of drug-likeness (QED) is 0.393. The molecule has 166 valence electrons. The number of ether oxygens (including phenoxy) is 1. The van der Waals surface area contributed by atoms with Crippen LogP contribution in [-0.2, 0) is 0 Å². The number of hydrogen-bond donors (Lipinski definition) is 1. The third-order valence-electron chi connectivity index (χ3n) is 6.28. The lowest BCUT2D eigenvalue weighted by Gasteiger charge is -2.29. The fraction of sp³-hybridized carbons (Fsp3) is 0.185. The van der Waals surface area contributed by atoms with E-state index in [1.54, 1.807) is 7.11 Å². The number of methoxy groups -OCH3 is 1. The van der Waals surface area contributed by atoms with Gasteiger partial charge in [0, 0.05) is 35.5 Å². The molecule has 1 aliphatic heterocycles. The molecule has 5 rings (SSSR count). The molecule has 2 aromatic heterocycles. The Labute approximate surface area is 199 Å². The van der Waals surface area contributed by atoms with Gasteiger partial charge >= 0.3 is 0 Å². The van der Waals surface area contributed by atoms with E-state index >= 15 is 0 Å². The highest BCUT2D eigenvalue weighted by atomic mass is 32.1. The van der Waals surface area contributed by atoms with Crippen LogP contribution in [0.4, 0.5) is 5.69 Å². The standard InChI is InChI=1S/C27H26N4OS/c1-18-12-13-20(16-19(18)2)30-15-7-11-24(30)26-25(23-10-4-5-14-28-23)29-27(33)31(26)21-8-6-9-22(17-21)32-3/h4-17,25-26H,1-3H3,(H,29,33)/t25-,26-/m1/s1. The van der Waals surface area contributed by atoms with Gasteiger partial charge in [-0.05, 0) is 85.7 Å². The SMILES string of the molecule is COc1cccc(N2C(=S)N[C@H](c3ccccn3)[C@H]2c2cccn2-c2ccc(C)c(C)c2)c1. The van der Waals surface area contributed by atoms with E-state index in [9.17, 15) is 0 Å². The highest BCUT2D eigenvalue weighted by molar-refractivity contribution is 7.80. The number of rotatable bonds is 5. The minimum Gasteiger partial charge on any atom is -0.497 e. The Kier molecular flexibility index (Phi) is 5.60. The Hall–Kier alpha value is -3.64. The molecule has 0 bridgehead atoms. The van der Waals surface area contributed by atoms with E-state index in [4.69, 9.17) is 17.0 Å². The van der Waals surface area contributed by atoms with Crippen LogP contribution in [0.1, 0.15) is 34.6 Å². The second-order valence-corrected chi connectivity index (χ2v) is 8.66. The van der Waals surface area contributed by atoms with Crippen LogP contribution in [0.3, 0.4) is 0 Å². The molecule has 0 radical (unpaired) electrons. The van der Waals surface area contributed by atoms with Gasteiger partial charge < -0.3 is 19.5 Å². The molecular formula is C27H26N4OS. The fourth-order valence-electron chi connectivity index (χ4n) is 4.44. The summed E-state index contributed by atoms with van der Waals surface area (Å²) in [5, 5.41) is 4.20. The minimum atomic E-state index is -0.106. The van der Waals surface area contributed by atoms with Gasteiger partial charge in [-0.3, -0.25) is 4.98 Å². The first-order valence-electron chi connectivity index (χ1n) is 11.0. The summed E-state index contributed by atoms with van der Waals surface area (Å²) in [7, 11) is 1.68. The van der Waals surface area contributed by atoms with Crippen molar-refractivity contribution >= 4 is 23.0 Å². The molecule has 6 heteroatoms. The third kappa shape index (κ3) is 3.87. The van der Waals surface area contributed by atoms with Crippen LogP contribution in [0.25, 0.3) is 5.69 Å². The lowest BCUT2D eigenvalue weighted by Crippen LogP contribution is -2.30. The second kappa shape index (κ2) is 8.71. The van der Waals surface area contributed by atoms with Gasteiger partial charge in [-0.15, -0.1) is 0 Å². The first-order valence-corrected chi connectivity index (χ1v) is 11.4. The maximum absolute atomic E-state index is 5.86. The molecule has 2 atom stereocenters. The smallest absolute Gasteiger partial charge is 0.174 e. The van der Waals surface area contributed by atoms with Crippen molar-refractivity contribution in [2.24, 2.45) is 0 Å². The van der Waals surface area contributed by atoms with Crippen LogP contribution in [0.2, 0.25) is 0 Å². The average Bonchev–Trinajstić information content (AvgIpc) is 3.45. The molecular weight excluding hydrogens is 428 g/mol. The third-order valence-corrected chi connectivity index (χ3v) is 6.60. The summed E-state index contributed by atoms with van der Waals surface area (Å²) < 4.78 is 7.74. The Morgan fingerprint density at radius 2 is 1.79 bits per heavy atom. The van der Waals surface area contributed by atoms with Gasteiger partial charge in [0.15, 0.2) is 5.11 Å². The van der Waals surface area contributed by atoms with Crippen LogP contribution in [0, 0.1) is 13.8 Å². The lowest BCUT2D eigenvalue weighted by atomic mass is 10.0. The summed E-state index contributed by atoms with van der Waals surface area (Å²) in [5.74, 6) is 0.792. The molecule has 2 aromatic carbocycles. The zero-order valence-electron chi connectivity index (χ0n) is 18.9. The number of nitrogens with zero attached hydrogens (tertiary/aromatic N) is 3. The first-order chi connectivity index (χ1) is 16.1. The number of hydrogen-bond acceptors (Lipinski definition) is 3. The molecule has 0 amide bonds. The number of aromatic nitrogens is 2. The number of benzene rings is 2. The Morgan fingerprint density at radius 1 is 0.909 bits per heavy atom. The maximum atomic E-state index is 5.86. The predicted octanol–water partition coefficient (Wildman–Crippen LogP) is 5.67. The molecule has 3 heterocycles. The van der Waals surface area contributed by atoms with Gasteiger partial charge in [-0.2, -0.15) is 0 Å². The summed E-state index contributed by atoms with van der Waals surface area (Å²) >= 11 is 5.86. The van der Waals surface area contributed by atoms with E-state index in [1.807, 2.05) is 42.6 Å². The molecule has 0 saturated carbocycles. The molecule has 0 unspecified atom stereocenters. The summed E-state index contributed by atoms with van der Waals surface area (Å²) in [4.78, 5) is 6.83. The van der Waals surface area contributed by atoms with Gasteiger partial charge in [0.1, 0.15) is 11.8 Å². The van der Waals surface area contributed by atoms with Crippen molar-refractivity contribution in [3.8, 4) is 11.4 Å². The zero-order chi connectivity index (χ0) is 22.9. The van der Waals surface area contributed by atoms with E-state index in [1.165, 1.54) is 11.1 Å². The van der Waals surface area contributed by atoms with Crippen LogP contribution >= 0.6 is 12.2 Å². The monoisotopic (exact) mass is 454 g/mol. The molecule has 1 aliphatic rings. The van der Waals surface area contributed by atoms with Crippen molar-refractivity contribution < 1.29 is 4.74 Å². The average molecular weight is 455 g/mol. The highest BCUT2D eigenvalue weighted by Crippen LogP contribution is 2.42. The lowest BCUT2D eigenvalue weighted by molar-refractivity contribution is 0.414. The minimum absolute atomic E-state index is 0.101. The largest absolute Gasteiger partial charge is 0.497 e. The zero-order valence-corrected chi connectivity index (χ0v) is 19.7. The maximum Gasteiger partial charge on any atom is 0.174 e.